The molecule has 3 rings (SSSR count). The maximum absolute atomic E-state index is 12.6. The van der Waals surface area contributed by atoms with Gasteiger partial charge in [0.1, 0.15) is 0 Å². The second-order valence-electron chi connectivity index (χ2n) is 7.02. The zero-order valence-electron chi connectivity index (χ0n) is 17.0. The van der Waals surface area contributed by atoms with E-state index < -0.39 is 10.0 Å². The van der Waals surface area contributed by atoms with Crippen LogP contribution in [0.2, 0.25) is 10.0 Å². The largest absolute Gasteiger partial charge is 0.379 e. The van der Waals surface area contributed by atoms with Crippen LogP contribution in [0.3, 0.4) is 0 Å². The summed E-state index contributed by atoms with van der Waals surface area (Å²) >= 11 is 11.9. The molecular weight excluding hydrogens is 461 g/mol. The molecule has 1 aliphatic rings. The molecule has 2 aromatic rings. The number of ether oxygens (including phenoxy) is 1. The van der Waals surface area contributed by atoms with E-state index in [1.807, 2.05) is 0 Å². The summed E-state index contributed by atoms with van der Waals surface area (Å²) in [5, 5.41) is 4.96. The van der Waals surface area contributed by atoms with Gasteiger partial charge in [0.05, 0.1) is 33.9 Å². The minimum atomic E-state index is -3.52. The Labute approximate surface area is 192 Å². The molecule has 0 radical (unpaired) electrons. The lowest BCUT2D eigenvalue weighted by atomic mass is 10.1. The molecule has 0 bridgehead atoms. The van der Waals surface area contributed by atoms with Crippen molar-refractivity contribution in [3.05, 3.63) is 63.6 Å². The molecule has 0 atom stereocenters. The third-order valence-electron chi connectivity index (χ3n) is 4.86. The van der Waals surface area contributed by atoms with Crippen molar-refractivity contribution in [2.75, 3.05) is 26.3 Å². The fourth-order valence-corrected chi connectivity index (χ4v) is 4.72. The molecule has 1 heterocycles. The number of hydrogen-bond donors (Lipinski definition) is 1. The fourth-order valence-electron chi connectivity index (χ4n) is 3.01. The summed E-state index contributed by atoms with van der Waals surface area (Å²) in [7, 11) is -3.52. The van der Waals surface area contributed by atoms with Crippen LogP contribution >= 0.6 is 23.2 Å². The van der Waals surface area contributed by atoms with Crippen molar-refractivity contribution < 1.29 is 17.9 Å². The van der Waals surface area contributed by atoms with Crippen molar-refractivity contribution in [3.8, 4) is 0 Å². The Hall–Kier alpha value is -1.97. The van der Waals surface area contributed by atoms with Crippen molar-refractivity contribution in [1.82, 2.24) is 9.73 Å². The number of amides is 1. The smallest absolute Gasteiger partial charge is 0.243 e. The van der Waals surface area contributed by atoms with Crippen LogP contribution in [0.5, 0.6) is 0 Å². The van der Waals surface area contributed by atoms with Gasteiger partial charge in [-0.15, -0.1) is 0 Å². The van der Waals surface area contributed by atoms with Crippen LogP contribution in [0.4, 0.5) is 0 Å². The molecule has 0 saturated carbocycles. The molecule has 0 aromatic heterocycles. The summed E-state index contributed by atoms with van der Waals surface area (Å²) in [6.07, 6.45) is 0.679. The van der Waals surface area contributed by atoms with Crippen LogP contribution in [0.25, 0.3) is 0 Å². The Kier molecular flexibility index (Phi) is 8.07. The molecule has 7 nitrogen and oxygen atoms in total. The highest BCUT2D eigenvalue weighted by atomic mass is 35.5. The SMILES string of the molecule is C/C(=N\NC(=O)CCc1ccc(S(=O)(=O)N2CCOCC2)cc1)c1ccc(Cl)c(Cl)c1. The number of nitrogens with one attached hydrogen (secondary N) is 1. The van der Waals surface area contributed by atoms with Gasteiger partial charge in [0, 0.05) is 19.5 Å². The van der Waals surface area contributed by atoms with E-state index in [1.165, 1.54) is 4.31 Å². The lowest BCUT2D eigenvalue weighted by Gasteiger charge is -2.26. The minimum absolute atomic E-state index is 0.216. The molecule has 1 fully saturated rings. The number of aryl methyl sites for hydroxylation is 1. The topological polar surface area (TPSA) is 88.1 Å². The summed E-state index contributed by atoms with van der Waals surface area (Å²) in [6, 6.07) is 11.7. The summed E-state index contributed by atoms with van der Waals surface area (Å²) in [4.78, 5) is 12.4. The van der Waals surface area contributed by atoms with E-state index in [1.54, 1.807) is 49.4 Å². The number of rotatable bonds is 7. The molecule has 31 heavy (non-hydrogen) atoms. The number of nitrogens with zero attached hydrogens (tertiary/aromatic N) is 2. The third-order valence-corrected chi connectivity index (χ3v) is 7.51. The normalized spacial score (nSPS) is 15.6. The van der Waals surface area contributed by atoms with Gasteiger partial charge in [0.2, 0.25) is 15.9 Å². The first-order valence-corrected chi connectivity index (χ1v) is 11.9. The third kappa shape index (κ3) is 6.27. The van der Waals surface area contributed by atoms with Crippen LogP contribution in [0.15, 0.2) is 52.5 Å². The molecule has 1 aliphatic heterocycles. The van der Waals surface area contributed by atoms with E-state index in [2.05, 4.69) is 10.5 Å². The van der Waals surface area contributed by atoms with Crippen LogP contribution < -0.4 is 5.43 Å². The first kappa shape index (κ1) is 23.7. The number of benzene rings is 2. The van der Waals surface area contributed by atoms with Crippen LogP contribution in [-0.4, -0.2) is 50.6 Å². The minimum Gasteiger partial charge on any atom is -0.379 e. The average molecular weight is 484 g/mol. The number of hydrogen-bond acceptors (Lipinski definition) is 5. The molecule has 166 valence electrons. The second kappa shape index (κ2) is 10.6. The lowest BCUT2D eigenvalue weighted by molar-refractivity contribution is -0.121. The molecule has 0 aliphatic carbocycles. The van der Waals surface area contributed by atoms with E-state index in [0.29, 0.717) is 48.5 Å². The Morgan fingerprint density at radius 2 is 1.77 bits per heavy atom. The molecule has 10 heteroatoms. The Bertz CT molecular complexity index is 1070. The van der Waals surface area contributed by atoms with Gasteiger partial charge in [-0.3, -0.25) is 4.79 Å². The quantitative estimate of drug-likeness (QED) is 0.482. The number of carbonyl (C=O) groups is 1. The van der Waals surface area contributed by atoms with Gasteiger partial charge in [-0.2, -0.15) is 9.41 Å². The molecule has 1 amide bonds. The Morgan fingerprint density at radius 1 is 1.10 bits per heavy atom. The Morgan fingerprint density at radius 3 is 2.42 bits per heavy atom. The highest BCUT2D eigenvalue weighted by Crippen LogP contribution is 2.23. The van der Waals surface area contributed by atoms with Gasteiger partial charge in [-0.05, 0) is 48.7 Å². The van der Waals surface area contributed by atoms with Gasteiger partial charge in [-0.25, -0.2) is 13.8 Å². The zero-order valence-corrected chi connectivity index (χ0v) is 19.3. The van der Waals surface area contributed by atoms with E-state index >= 15 is 0 Å². The highest BCUT2D eigenvalue weighted by molar-refractivity contribution is 7.89. The first-order chi connectivity index (χ1) is 14.8. The fraction of sp³-hybridized carbons (Fsp3) is 0.333. The van der Waals surface area contributed by atoms with Crippen LogP contribution in [0.1, 0.15) is 24.5 Å². The maximum atomic E-state index is 12.6. The van der Waals surface area contributed by atoms with Crippen molar-refractivity contribution in [2.45, 2.75) is 24.7 Å². The lowest BCUT2D eigenvalue weighted by Crippen LogP contribution is -2.40. The summed E-state index contributed by atoms with van der Waals surface area (Å²) in [6.45, 7) is 3.27. The molecule has 0 spiro atoms. The molecule has 1 saturated heterocycles. The number of hydrazone groups is 1. The van der Waals surface area contributed by atoms with E-state index in [0.717, 1.165) is 11.1 Å². The number of carbonyl (C=O) groups excluding carboxylic acids is 1. The highest BCUT2D eigenvalue weighted by Gasteiger charge is 2.26. The molecular formula is C21H23Cl2N3O4S. The second-order valence-corrected chi connectivity index (χ2v) is 9.77. The van der Waals surface area contributed by atoms with Gasteiger partial charge < -0.3 is 4.74 Å². The number of morpholine rings is 1. The summed E-state index contributed by atoms with van der Waals surface area (Å²) < 4.78 is 31.9. The molecule has 0 unspecified atom stereocenters. The van der Waals surface area contributed by atoms with Crippen LogP contribution in [-0.2, 0) is 26.0 Å². The van der Waals surface area contributed by atoms with Crippen LogP contribution in [0, 0.1) is 0 Å². The number of halogens is 2. The zero-order chi connectivity index (χ0) is 22.4. The average Bonchev–Trinajstić information content (AvgIpc) is 2.78. The van der Waals surface area contributed by atoms with Gasteiger partial charge in [0.15, 0.2) is 0 Å². The first-order valence-electron chi connectivity index (χ1n) is 9.73. The van der Waals surface area contributed by atoms with Crippen molar-refractivity contribution in [1.29, 1.82) is 0 Å². The molecule has 2 aromatic carbocycles. The standard InChI is InChI=1S/C21H23Cl2N3O4S/c1-15(17-5-8-19(22)20(23)14-17)24-25-21(27)9-4-16-2-6-18(7-3-16)31(28,29)26-10-12-30-13-11-26/h2-3,5-8,14H,4,9-13H2,1H3,(H,25,27)/b24-15+. The monoisotopic (exact) mass is 483 g/mol. The van der Waals surface area contributed by atoms with Gasteiger partial charge in [0.25, 0.3) is 0 Å². The van der Waals surface area contributed by atoms with Gasteiger partial charge in [-0.1, -0.05) is 41.4 Å². The van der Waals surface area contributed by atoms with Crippen molar-refractivity contribution in [2.24, 2.45) is 5.10 Å². The van der Waals surface area contributed by atoms with Gasteiger partial charge >= 0.3 is 0 Å². The van der Waals surface area contributed by atoms with E-state index in [-0.39, 0.29) is 17.2 Å². The summed E-state index contributed by atoms with van der Waals surface area (Å²) in [5.41, 5.74) is 4.74. The Balaban J connectivity index is 1.53. The summed E-state index contributed by atoms with van der Waals surface area (Å²) in [5.74, 6) is -0.246. The molecule has 1 N–H and O–H groups in total. The van der Waals surface area contributed by atoms with E-state index in [4.69, 9.17) is 27.9 Å². The van der Waals surface area contributed by atoms with Crippen molar-refractivity contribution >= 4 is 44.8 Å². The van der Waals surface area contributed by atoms with E-state index in [9.17, 15) is 13.2 Å². The predicted molar refractivity (Wildman–Crippen MR) is 121 cm³/mol. The maximum Gasteiger partial charge on any atom is 0.243 e. The number of sulfonamides is 1. The predicted octanol–water partition coefficient (Wildman–Crippen LogP) is 3.49. The van der Waals surface area contributed by atoms with Crippen molar-refractivity contribution in [3.63, 3.8) is 0 Å².